The minimum atomic E-state index is -0.717. The molecule has 2 N–H and O–H groups in total. The Labute approximate surface area is 190 Å². The third-order valence-electron chi connectivity index (χ3n) is 5.10. The number of rotatable bonds is 7. The Hall–Kier alpha value is -3.88. The number of hydrogen-bond donors (Lipinski definition) is 2. The van der Waals surface area contributed by atoms with Gasteiger partial charge >= 0.3 is 0 Å². The van der Waals surface area contributed by atoms with Crippen LogP contribution in [0.5, 0.6) is 11.5 Å². The van der Waals surface area contributed by atoms with Gasteiger partial charge in [0.1, 0.15) is 30.3 Å². The number of amides is 1. The van der Waals surface area contributed by atoms with Crippen LogP contribution in [0.15, 0.2) is 42.0 Å². The lowest BCUT2D eigenvalue weighted by Gasteiger charge is -2.33. The van der Waals surface area contributed by atoms with Gasteiger partial charge in [-0.05, 0) is 30.7 Å². The Balaban J connectivity index is 1.68. The summed E-state index contributed by atoms with van der Waals surface area (Å²) in [7, 11) is 1.48. The van der Waals surface area contributed by atoms with Crippen LogP contribution in [-0.2, 0) is 4.79 Å². The van der Waals surface area contributed by atoms with Crippen molar-refractivity contribution in [3.63, 3.8) is 0 Å². The lowest BCUT2D eigenvalue weighted by atomic mass is 10.0. The Kier molecular flexibility index (Phi) is 7.09. The molecule has 1 heterocycles. The molecule has 0 spiro atoms. The van der Waals surface area contributed by atoms with Gasteiger partial charge in [0.15, 0.2) is 11.3 Å². The number of benzene rings is 2. The second kappa shape index (κ2) is 9.95. The first-order chi connectivity index (χ1) is 15.3. The van der Waals surface area contributed by atoms with Crippen molar-refractivity contribution < 1.29 is 19.7 Å². The number of aromatic hydroxyl groups is 1. The minimum absolute atomic E-state index is 0.0262. The van der Waals surface area contributed by atoms with Crippen molar-refractivity contribution in [3.8, 4) is 23.6 Å². The quantitative estimate of drug-likeness (QED) is 0.375. The van der Waals surface area contributed by atoms with Crippen molar-refractivity contribution in [2.45, 2.75) is 6.42 Å². The molecule has 1 saturated heterocycles. The van der Waals surface area contributed by atoms with Crippen LogP contribution < -0.4 is 9.64 Å². The largest absolute Gasteiger partial charge is 0.506 e. The van der Waals surface area contributed by atoms with Crippen LogP contribution in [0.2, 0.25) is 5.02 Å². The summed E-state index contributed by atoms with van der Waals surface area (Å²) < 4.78 is 5.74. The average molecular weight is 453 g/mol. The van der Waals surface area contributed by atoms with Crippen molar-refractivity contribution in [3.05, 3.63) is 58.1 Å². The van der Waals surface area contributed by atoms with Crippen molar-refractivity contribution >= 4 is 29.0 Å². The molecular weight excluding hydrogens is 432 g/mol. The van der Waals surface area contributed by atoms with Crippen molar-refractivity contribution in [1.29, 1.82) is 10.5 Å². The van der Waals surface area contributed by atoms with Crippen LogP contribution in [0.25, 0.3) is 5.76 Å². The number of phenols is 1. The summed E-state index contributed by atoms with van der Waals surface area (Å²) in [6, 6.07) is 13.4. The second-order valence-corrected chi connectivity index (χ2v) is 7.62. The molecule has 0 unspecified atom stereocenters. The summed E-state index contributed by atoms with van der Waals surface area (Å²) in [5.41, 5.74) is 0.354. The van der Waals surface area contributed by atoms with Crippen LogP contribution >= 0.6 is 11.6 Å². The van der Waals surface area contributed by atoms with E-state index in [1.54, 1.807) is 12.1 Å². The van der Waals surface area contributed by atoms with Crippen LogP contribution in [-0.4, -0.2) is 54.3 Å². The lowest BCUT2D eigenvalue weighted by Crippen LogP contribution is -2.36. The first-order valence-electron chi connectivity index (χ1n) is 9.85. The molecule has 0 aromatic heterocycles. The summed E-state index contributed by atoms with van der Waals surface area (Å²) in [5.74, 6) is -1.11. The van der Waals surface area contributed by atoms with Gasteiger partial charge in [0.25, 0.3) is 5.91 Å². The zero-order chi connectivity index (χ0) is 23.3. The predicted octanol–water partition coefficient (Wildman–Crippen LogP) is 3.46. The molecule has 0 aliphatic carbocycles. The minimum Gasteiger partial charge on any atom is -0.506 e. The standard InChI is InChI=1S/C23H21ClN4O4/c1-27(8-9-32-18-5-2-4-17(12-18)28-6-3-7-28)23(31)19(14-26)21(29)15-10-16(13-25)22(30)20(24)11-15/h2,4-5,10-12,29-30H,3,6-9H2,1H3/b21-19-. The van der Waals surface area contributed by atoms with Crippen molar-refractivity contribution in [2.75, 3.05) is 38.2 Å². The number of anilines is 1. The molecule has 32 heavy (non-hydrogen) atoms. The highest BCUT2D eigenvalue weighted by molar-refractivity contribution is 6.32. The van der Waals surface area contributed by atoms with E-state index in [0.29, 0.717) is 5.75 Å². The van der Waals surface area contributed by atoms with Gasteiger partial charge in [-0.3, -0.25) is 4.79 Å². The predicted molar refractivity (Wildman–Crippen MR) is 119 cm³/mol. The topological polar surface area (TPSA) is 121 Å². The van der Waals surface area contributed by atoms with E-state index in [1.165, 1.54) is 24.4 Å². The number of aliphatic hydroxyl groups is 1. The molecule has 8 nitrogen and oxygen atoms in total. The van der Waals surface area contributed by atoms with E-state index in [2.05, 4.69) is 4.90 Å². The van der Waals surface area contributed by atoms with E-state index in [1.807, 2.05) is 24.3 Å². The zero-order valence-corrected chi connectivity index (χ0v) is 18.1. The number of ether oxygens (including phenoxy) is 1. The van der Waals surface area contributed by atoms with E-state index in [-0.39, 0.29) is 29.3 Å². The number of likely N-dealkylation sites (N-methyl/N-ethyl adjacent to an activating group) is 1. The smallest absolute Gasteiger partial charge is 0.268 e. The first kappa shape index (κ1) is 22.8. The van der Waals surface area contributed by atoms with Gasteiger partial charge in [0.2, 0.25) is 0 Å². The third kappa shape index (κ3) is 4.88. The molecule has 1 fully saturated rings. The lowest BCUT2D eigenvalue weighted by molar-refractivity contribution is -0.125. The van der Waals surface area contributed by atoms with Crippen LogP contribution in [0.3, 0.4) is 0 Å². The molecule has 3 rings (SSSR count). The molecule has 0 bridgehead atoms. The van der Waals surface area contributed by atoms with Crippen LogP contribution in [0.4, 0.5) is 5.69 Å². The molecule has 1 aliphatic rings. The molecule has 0 atom stereocenters. The maximum Gasteiger partial charge on any atom is 0.268 e. The maximum absolute atomic E-state index is 12.7. The van der Waals surface area contributed by atoms with Crippen LogP contribution in [0.1, 0.15) is 17.5 Å². The second-order valence-electron chi connectivity index (χ2n) is 7.21. The summed E-state index contributed by atoms with van der Waals surface area (Å²) in [6.45, 7) is 2.41. The van der Waals surface area contributed by atoms with Crippen LogP contribution in [0, 0.1) is 22.7 Å². The summed E-state index contributed by atoms with van der Waals surface area (Å²) >= 11 is 5.87. The summed E-state index contributed by atoms with van der Waals surface area (Å²) in [5, 5.41) is 38.6. The Morgan fingerprint density at radius 2 is 2.03 bits per heavy atom. The van der Waals surface area contributed by atoms with Crippen molar-refractivity contribution in [1.82, 2.24) is 4.90 Å². The number of carbonyl (C=O) groups is 1. The SMILES string of the molecule is CN(CCOc1cccc(N2CCC2)c1)C(=O)/C(C#N)=C(\O)c1cc(Cl)c(O)c(C#N)c1. The molecule has 1 amide bonds. The number of nitriles is 2. The number of nitrogens with zero attached hydrogens (tertiary/aromatic N) is 4. The highest BCUT2D eigenvalue weighted by Crippen LogP contribution is 2.31. The number of aliphatic hydroxyl groups excluding tert-OH is 1. The monoisotopic (exact) mass is 452 g/mol. The van der Waals surface area contributed by atoms with E-state index in [4.69, 9.17) is 21.6 Å². The van der Waals surface area contributed by atoms with E-state index in [9.17, 15) is 20.3 Å². The fourth-order valence-electron chi connectivity index (χ4n) is 3.10. The highest BCUT2D eigenvalue weighted by atomic mass is 35.5. The maximum atomic E-state index is 12.7. The molecule has 0 radical (unpaired) electrons. The molecule has 9 heteroatoms. The molecule has 1 aliphatic heterocycles. The van der Waals surface area contributed by atoms with Gasteiger partial charge in [0, 0.05) is 37.5 Å². The fourth-order valence-corrected chi connectivity index (χ4v) is 3.32. The van der Waals surface area contributed by atoms with E-state index < -0.39 is 23.0 Å². The van der Waals surface area contributed by atoms with Gasteiger partial charge < -0.3 is 24.7 Å². The van der Waals surface area contributed by atoms with E-state index in [0.717, 1.165) is 24.8 Å². The van der Waals surface area contributed by atoms with Gasteiger partial charge in [-0.15, -0.1) is 0 Å². The molecule has 2 aromatic rings. The Bertz CT molecular complexity index is 1150. The first-order valence-corrected chi connectivity index (χ1v) is 10.2. The highest BCUT2D eigenvalue weighted by Gasteiger charge is 2.22. The number of carbonyl (C=O) groups excluding carboxylic acids is 1. The van der Waals surface area contributed by atoms with Gasteiger partial charge in [-0.2, -0.15) is 10.5 Å². The number of phenolic OH excluding ortho intramolecular Hbond substituents is 1. The normalized spacial score (nSPS) is 13.3. The van der Waals surface area contributed by atoms with E-state index >= 15 is 0 Å². The van der Waals surface area contributed by atoms with Gasteiger partial charge in [-0.1, -0.05) is 17.7 Å². The zero-order valence-electron chi connectivity index (χ0n) is 17.4. The summed E-state index contributed by atoms with van der Waals surface area (Å²) in [6.07, 6.45) is 1.17. The number of hydrogen-bond acceptors (Lipinski definition) is 7. The molecule has 164 valence electrons. The van der Waals surface area contributed by atoms with Crippen molar-refractivity contribution in [2.24, 2.45) is 0 Å². The number of halogens is 1. The summed E-state index contributed by atoms with van der Waals surface area (Å²) in [4.78, 5) is 16.2. The van der Waals surface area contributed by atoms with Gasteiger partial charge in [0.05, 0.1) is 17.1 Å². The molecular formula is C23H21ClN4O4. The fraction of sp³-hybridized carbons (Fsp3) is 0.261. The van der Waals surface area contributed by atoms with Gasteiger partial charge in [-0.25, -0.2) is 0 Å². The third-order valence-corrected chi connectivity index (χ3v) is 5.39. The Morgan fingerprint density at radius 3 is 2.66 bits per heavy atom. The molecule has 2 aromatic carbocycles. The Morgan fingerprint density at radius 1 is 1.28 bits per heavy atom. The average Bonchev–Trinajstić information content (AvgIpc) is 2.74. The molecule has 0 saturated carbocycles.